The van der Waals surface area contributed by atoms with Crippen molar-refractivity contribution in [1.82, 2.24) is 4.98 Å². The number of anilines is 1. The second-order valence-corrected chi connectivity index (χ2v) is 5.75. The maximum absolute atomic E-state index is 11.2. The molecule has 0 N–H and O–H groups in total. The van der Waals surface area contributed by atoms with Crippen molar-refractivity contribution >= 4 is 37.7 Å². The minimum absolute atomic E-state index is 0.309. The van der Waals surface area contributed by atoms with Crippen LogP contribution in [0.15, 0.2) is 33.5 Å². The van der Waals surface area contributed by atoms with Crippen molar-refractivity contribution in [3.05, 3.63) is 34.7 Å². The molecule has 4 rings (SSSR count). The number of fused-ring (bicyclic) bond motifs is 3. The van der Waals surface area contributed by atoms with Crippen molar-refractivity contribution in [2.75, 3.05) is 18.0 Å². The van der Waals surface area contributed by atoms with Gasteiger partial charge in [-0.05, 0) is 31.0 Å². The minimum atomic E-state index is -0.309. The molecule has 19 heavy (non-hydrogen) atoms. The molecule has 4 nitrogen and oxygen atoms in total. The van der Waals surface area contributed by atoms with Gasteiger partial charge in [-0.1, -0.05) is 11.3 Å². The Balaban J connectivity index is 1.97. The van der Waals surface area contributed by atoms with Crippen LogP contribution in [-0.2, 0) is 0 Å². The lowest BCUT2D eigenvalue weighted by Gasteiger charge is -2.11. The van der Waals surface area contributed by atoms with Crippen molar-refractivity contribution in [3.8, 4) is 0 Å². The molecule has 1 aliphatic heterocycles. The topological polar surface area (TPSA) is 46.3 Å². The first-order valence-electron chi connectivity index (χ1n) is 6.40. The zero-order valence-electron chi connectivity index (χ0n) is 10.3. The van der Waals surface area contributed by atoms with E-state index in [0.29, 0.717) is 5.58 Å². The van der Waals surface area contributed by atoms with Crippen LogP contribution in [0.4, 0.5) is 5.13 Å². The van der Waals surface area contributed by atoms with Crippen molar-refractivity contribution in [2.45, 2.75) is 12.8 Å². The van der Waals surface area contributed by atoms with Gasteiger partial charge < -0.3 is 9.32 Å². The Morgan fingerprint density at radius 1 is 1.16 bits per heavy atom. The van der Waals surface area contributed by atoms with Gasteiger partial charge in [0.25, 0.3) is 0 Å². The van der Waals surface area contributed by atoms with E-state index in [-0.39, 0.29) is 5.63 Å². The third kappa shape index (κ3) is 1.73. The fourth-order valence-electron chi connectivity index (χ4n) is 2.57. The number of rotatable bonds is 1. The average Bonchev–Trinajstić information content (AvgIpc) is 3.06. The van der Waals surface area contributed by atoms with E-state index in [1.165, 1.54) is 18.9 Å². The molecule has 3 aromatic rings. The lowest BCUT2D eigenvalue weighted by atomic mass is 10.2. The summed E-state index contributed by atoms with van der Waals surface area (Å²) in [5.41, 5.74) is 1.31. The fraction of sp³-hybridized carbons (Fsp3) is 0.286. The van der Waals surface area contributed by atoms with E-state index < -0.39 is 0 Å². The second-order valence-electron chi connectivity index (χ2n) is 4.77. The summed E-state index contributed by atoms with van der Waals surface area (Å²) in [5.74, 6) is 0. The first-order valence-corrected chi connectivity index (χ1v) is 7.21. The summed E-state index contributed by atoms with van der Waals surface area (Å²) in [6.45, 7) is 2.18. The lowest BCUT2D eigenvalue weighted by molar-refractivity contribution is 0.561. The highest BCUT2D eigenvalue weighted by molar-refractivity contribution is 7.23. The van der Waals surface area contributed by atoms with Crippen LogP contribution in [0.1, 0.15) is 12.8 Å². The summed E-state index contributed by atoms with van der Waals surface area (Å²) >= 11 is 1.68. The maximum atomic E-state index is 11.2. The van der Waals surface area contributed by atoms with Gasteiger partial charge in [0.15, 0.2) is 5.13 Å². The number of benzene rings is 1. The summed E-state index contributed by atoms with van der Waals surface area (Å²) in [4.78, 5) is 18.3. The monoisotopic (exact) mass is 272 g/mol. The quantitative estimate of drug-likeness (QED) is 0.639. The molecule has 1 aliphatic rings. The molecule has 0 aliphatic carbocycles. The van der Waals surface area contributed by atoms with Gasteiger partial charge in [0.05, 0.1) is 10.2 Å². The maximum Gasteiger partial charge on any atom is 0.336 e. The van der Waals surface area contributed by atoms with Crippen molar-refractivity contribution in [1.29, 1.82) is 0 Å². The van der Waals surface area contributed by atoms with Crippen LogP contribution in [0.25, 0.3) is 21.2 Å². The summed E-state index contributed by atoms with van der Waals surface area (Å²) < 4.78 is 6.31. The highest BCUT2D eigenvalue weighted by Gasteiger charge is 2.17. The third-order valence-electron chi connectivity index (χ3n) is 3.52. The number of thiazole rings is 1. The summed E-state index contributed by atoms with van der Waals surface area (Å²) in [7, 11) is 0. The molecule has 1 saturated heterocycles. The van der Waals surface area contributed by atoms with E-state index in [0.717, 1.165) is 33.8 Å². The molecule has 2 aromatic heterocycles. The van der Waals surface area contributed by atoms with Gasteiger partial charge >= 0.3 is 5.63 Å². The van der Waals surface area contributed by atoms with Gasteiger partial charge in [-0.3, -0.25) is 0 Å². The predicted molar refractivity (Wildman–Crippen MR) is 77.1 cm³/mol. The lowest BCUT2D eigenvalue weighted by Crippen LogP contribution is -2.16. The Bertz CT molecular complexity index is 815. The van der Waals surface area contributed by atoms with Crippen LogP contribution in [0, 0.1) is 0 Å². The summed E-state index contributed by atoms with van der Waals surface area (Å²) in [6, 6.07) is 7.05. The molecule has 0 saturated carbocycles. The Hall–Kier alpha value is -1.88. The van der Waals surface area contributed by atoms with Crippen molar-refractivity contribution in [2.24, 2.45) is 0 Å². The highest BCUT2D eigenvalue weighted by atomic mass is 32.1. The molecule has 3 heterocycles. The van der Waals surface area contributed by atoms with E-state index >= 15 is 0 Å². The predicted octanol–water partition coefficient (Wildman–Crippen LogP) is 3.00. The van der Waals surface area contributed by atoms with Gasteiger partial charge in [0, 0.05) is 24.5 Å². The SMILES string of the molecule is O=c1ccc2c(ccc3nc(N4CCCC4)sc32)o1. The summed E-state index contributed by atoms with van der Waals surface area (Å²) in [6.07, 6.45) is 2.48. The molecule has 0 atom stereocenters. The standard InChI is InChI=1S/C14H12N2O2S/c17-12-6-3-9-11(18-12)5-4-10-13(9)19-14(15-10)16-7-1-2-8-16/h3-6H,1-2,7-8H2. The van der Waals surface area contributed by atoms with Crippen LogP contribution in [0.2, 0.25) is 0 Å². The zero-order chi connectivity index (χ0) is 12.8. The third-order valence-corrected chi connectivity index (χ3v) is 4.68. The zero-order valence-corrected chi connectivity index (χ0v) is 11.1. The molecule has 5 heteroatoms. The highest BCUT2D eigenvalue weighted by Crippen LogP contribution is 2.35. The molecule has 1 fully saturated rings. The van der Waals surface area contributed by atoms with Crippen molar-refractivity contribution < 1.29 is 4.42 Å². The molecule has 0 radical (unpaired) electrons. The van der Waals surface area contributed by atoms with E-state index in [1.54, 1.807) is 11.3 Å². The first-order chi connectivity index (χ1) is 9.31. The molecule has 0 unspecified atom stereocenters. The van der Waals surface area contributed by atoms with Gasteiger partial charge in [-0.25, -0.2) is 9.78 Å². The van der Waals surface area contributed by atoms with Crippen LogP contribution < -0.4 is 10.5 Å². The minimum Gasteiger partial charge on any atom is -0.423 e. The molecular weight excluding hydrogens is 260 g/mol. The molecule has 1 aromatic carbocycles. The first kappa shape index (κ1) is 11.0. The van der Waals surface area contributed by atoms with Crippen LogP contribution in [0.5, 0.6) is 0 Å². The van der Waals surface area contributed by atoms with Crippen LogP contribution >= 0.6 is 11.3 Å². The number of nitrogens with zero attached hydrogens (tertiary/aromatic N) is 2. The van der Waals surface area contributed by atoms with Gasteiger partial charge in [-0.15, -0.1) is 0 Å². The molecular formula is C14H12N2O2S. The van der Waals surface area contributed by atoms with Gasteiger partial charge in [-0.2, -0.15) is 0 Å². The number of hydrogen-bond acceptors (Lipinski definition) is 5. The molecule has 0 amide bonds. The Morgan fingerprint density at radius 2 is 2.00 bits per heavy atom. The van der Waals surface area contributed by atoms with Crippen LogP contribution in [-0.4, -0.2) is 18.1 Å². The van der Waals surface area contributed by atoms with E-state index in [2.05, 4.69) is 4.90 Å². The van der Waals surface area contributed by atoms with E-state index in [1.807, 2.05) is 18.2 Å². The molecule has 96 valence electrons. The van der Waals surface area contributed by atoms with Crippen molar-refractivity contribution in [3.63, 3.8) is 0 Å². The molecule has 0 bridgehead atoms. The largest absolute Gasteiger partial charge is 0.423 e. The average molecular weight is 272 g/mol. The number of hydrogen-bond donors (Lipinski definition) is 0. The van der Waals surface area contributed by atoms with E-state index in [4.69, 9.17) is 9.40 Å². The Morgan fingerprint density at radius 3 is 2.84 bits per heavy atom. The smallest absolute Gasteiger partial charge is 0.336 e. The Kier molecular flexibility index (Phi) is 2.35. The van der Waals surface area contributed by atoms with Crippen LogP contribution in [0.3, 0.4) is 0 Å². The normalized spacial score (nSPS) is 15.7. The van der Waals surface area contributed by atoms with Gasteiger partial charge in [0.2, 0.25) is 0 Å². The number of aromatic nitrogens is 1. The van der Waals surface area contributed by atoms with E-state index in [9.17, 15) is 4.79 Å². The summed E-state index contributed by atoms with van der Waals surface area (Å²) in [5, 5.41) is 2.05. The second kappa shape index (κ2) is 4.06. The Labute approximate surface area is 113 Å². The van der Waals surface area contributed by atoms with Gasteiger partial charge in [0.1, 0.15) is 5.58 Å². The molecule has 0 spiro atoms. The fourth-order valence-corrected chi connectivity index (χ4v) is 3.70.